The molecule has 1 unspecified atom stereocenters. The van der Waals surface area contributed by atoms with E-state index in [9.17, 15) is 22.2 Å². The molecule has 2 amide bonds. The summed E-state index contributed by atoms with van der Waals surface area (Å²) in [6.07, 6.45) is 1.58. The molecule has 0 fully saturated rings. The molecule has 0 bridgehead atoms. The average Bonchev–Trinajstić information content (AvgIpc) is 3.36. The molecular formula is C27H29N5O9S2. The predicted molar refractivity (Wildman–Crippen MR) is 155 cm³/mol. The lowest BCUT2D eigenvalue weighted by atomic mass is 10.1. The average molecular weight is 632 g/mol. The fourth-order valence-corrected chi connectivity index (χ4v) is 7.26. The van der Waals surface area contributed by atoms with Crippen molar-refractivity contribution >= 4 is 43.7 Å². The van der Waals surface area contributed by atoms with Crippen LogP contribution < -0.4 is 30.4 Å². The number of nitrogens with zero attached hydrogens (tertiary/aromatic N) is 3. The van der Waals surface area contributed by atoms with Crippen LogP contribution in [-0.4, -0.2) is 65.8 Å². The summed E-state index contributed by atoms with van der Waals surface area (Å²) < 4.78 is 64.5. The van der Waals surface area contributed by atoms with E-state index in [1.54, 1.807) is 25.3 Å². The monoisotopic (exact) mass is 631 g/mol. The number of aromatic nitrogens is 3. The van der Waals surface area contributed by atoms with Gasteiger partial charge in [0.15, 0.2) is 24.7 Å². The van der Waals surface area contributed by atoms with Crippen molar-refractivity contribution in [2.75, 3.05) is 27.4 Å². The number of imidazole rings is 1. The largest absolute Gasteiger partial charge is 0.497 e. The third-order valence-corrected chi connectivity index (χ3v) is 9.24. The number of amides is 2. The van der Waals surface area contributed by atoms with Gasteiger partial charge >= 0.3 is 0 Å². The minimum absolute atomic E-state index is 0.0603. The number of benzene rings is 2. The number of methoxy groups -OCH3 is 2. The van der Waals surface area contributed by atoms with Crippen molar-refractivity contribution in [1.82, 2.24) is 13.9 Å². The molecule has 4 rings (SSSR count). The molecule has 0 aliphatic rings. The first-order valence-corrected chi connectivity index (χ1v) is 15.3. The standard InChI is InChI=1S/C27H29N5O9S2/c1-15-11-30-20(16(2)26(15)39-4)14-42(35)27-31-19-7-5-17(38-3)9-21(19)32(27)43(36,37)18-6-8-22(40-12-24(28)33)23(10-18)41-13-25(29)34/h5-11H,12-14H2,1-4H3,(H2,28,33)(H2,29,34). The summed E-state index contributed by atoms with van der Waals surface area (Å²) in [5.74, 6) is -1.13. The Labute approximate surface area is 249 Å². The van der Waals surface area contributed by atoms with Crippen LogP contribution >= 0.6 is 0 Å². The molecule has 0 radical (unpaired) electrons. The molecule has 0 saturated carbocycles. The number of ether oxygens (including phenoxy) is 4. The number of fused-ring (bicyclic) bond motifs is 1. The number of nitrogens with two attached hydrogens (primary N) is 2. The van der Waals surface area contributed by atoms with Gasteiger partial charge in [0.2, 0.25) is 5.16 Å². The van der Waals surface area contributed by atoms with Gasteiger partial charge in [-0.1, -0.05) is 0 Å². The van der Waals surface area contributed by atoms with Crippen molar-refractivity contribution in [1.29, 1.82) is 0 Å². The summed E-state index contributed by atoms with van der Waals surface area (Å²) >= 11 is 0. The van der Waals surface area contributed by atoms with E-state index in [1.807, 2.05) is 6.92 Å². The van der Waals surface area contributed by atoms with Crippen molar-refractivity contribution in [3.8, 4) is 23.0 Å². The molecule has 16 heteroatoms. The van der Waals surface area contributed by atoms with Gasteiger partial charge in [-0.2, -0.15) is 0 Å². The number of hydrogen-bond donors (Lipinski definition) is 2. The Morgan fingerprint density at radius 3 is 2.26 bits per heavy atom. The van der Waals surface area contributed by atoms with Crippen LogP contribution in [-0.2, 0) is 36.2 Å². The molecule has 0 saturated heterocycles. The fraction of sp³-hybridized carbons (Fsp3) is 0.259. The Bertz CT molecular complexity index is 1860. The number of hydrogen-bond acceptors (Lipinski definition) is 11. The van der Waals surface area contributed by atoms with Crippen LogP contribution in [0.5, 0.6) is 23.0 Å². The Morgan fingerprint density at radius 1 is 0.953 bits per heavy atom. The quantitative estimate of drug-likeness (QED) is 0.215. The Morgan fingerprint density at radius 2 is 1.63 bits per heavy atom. The van der Waals surface area contributed by atoms with Crippen LogP contribution in [0.3, 0.4) is 0 Å². The van der Waals surface area contributed by atoms with Crippen molar-refractivity contribution in [2.45, 2.75) is 29.7 Å². The summed E-state index contributed by atoms with van der Waals surface area (Å²) in [6, 6.07) is 8.10. The molecule has 228 valence electrons. The molecule has 0 spiro atoms. The predicted octanol–water partition coefficient (Wildman–Crippen LogP) is 1.34. The molecule has 2 aromatic carbocycles. The van der Waals surface area contributed by atoms with E-state index >= 15 is 0 Å². The third kappa shape index (κ3) is 6.54. The number of rotatable bonds is 13. The van der Waals surface area contributed by atoms with Gasteiger partial charge in [0, 0.05) is 29.5 Å². The van der Waals surface area contributed by atoms with E-state index in [2.05, 4.69) is 9.97 Å². The first kappa shape index (κ1) is 31.2. The number of pyridine rings is 1. The summed E-state index contributed by atoms with van der Waals surface area (Å²) in [5, 5.41) is -0.266. The highest BCUT2D eigenvalue weighted by atomic mass is 32.2. The summed E-state index contributed by atoms with van der Waals surface area (Å²) in [5.41, 5.74) is 12.6. The molecule has 43 heavy (non-hydrogen) atoms. The molecule has 14 nitrogen and oxygen atoms in total. The molecule has 4 N–H and O–H groups in total. The van der Waals surface area contributed by atoms with Crippen molar-refractivity contribution < 1.29 is 41.2 Å². The van der Waals surface area contributed by atoms with Gasteiger partial charge < -0.3 is 30.4 Å². The minimum Gasteiger partial charge on any atom is -0.497 e. The zero-order chi connectivity index (χ0) is 31.5. The third-order valence-electron chi connectivity index (χ3n) is 6.21. The van der Waals surface area contributed by atoms with E-state index in [4.69, 9.17) is 30.4 Å². The molecule has 2 aromatic heterocycles. The van der Waals surface area contributed by atoms with Crippen LogP contribution in [0.4, 0.5) is 0 Å². The van der Waals surface area contributed by atoms with Crippen LogP contribution in [0.25, 0.3) is 11.0 Å². The maximum atomic E-state index is 14.2. The second kappa shape index (κ2) is 12.7. The van der Waals surface area contributed by atoms with E-state index in [-0.39, 0.29) is 38.3 Å². The fourth-order valence-electron chi connectivity index (χ4n) is 4.20. The molecule has 1 atom stereocenters. The molecule has 0 aliphatic heterocycles. The summed E-state index contributed by atoms with van der Waals surface area (Å²) in [6.45, 7) is 2.45. The van der Waals surface area contributed by atoms with Crippen LogP contribution in [0.1, 0.15) is 16.8 Å². The normalized spacial score (nSPS) is 12.1. The highest BCUT2D eigenvalue weighted by Crippen LogP contribution is 2.34. The smallest absolute Gasteiger partial charge is 0.270 e. The van der Waals surface area contributed by atoms with Gasteiger partial charge in [0.05, 0.1) is 52.4 Å². The highest BCUT2D eigenvalue weighted by Gasteiger charge is 2.30. The van der Waals surface area contributed by atoms with Crippen LogP contribution in [0.15, 0.2) is 52.6 Å². The second-order valence-electron chi connectivity index (χ2n) is 9.17. The van der Waals surface area contributed by atoms with E-state index in [1.165, 1.54) is 32.4 Å². The lowest BCUT2D eigenvalue weighted by molar-refractivity contribution is -0.121. The maximum Gasteiger partial charge on any atom is 0.270 e. The zero-order valence-electron chi connectivity index (χ0n) is 23.6. The zero-order valence-corrected chi connectivity index (χ0v) is 25.3. The molecule has 4 aromatic rings. The van der Waals surface area contributed by atoms with Gasteiger partial charge in [0.1, 0.15) is 11.5 Å². The summed E-state index contributed by atoms with van der Waals surface area (Å²) in [7, 11) is -3.62. The Kier molecular flexibility index (Phi) is 9.20. The highest BCUT2D eigenvalue weighted by molar-refractivity contribution is 7.91. The number of carbonyl (C=O) groups excluding carboxylic acids is 2. The van der Waals surface area contributed by atoms with Crippen molar-refractivity contribution in [3.05, 3.63) is 59.4 Å². The first-order chi connectivity index (χ1) is 20.4. The van der Waals surface area contributed by atoms with Crippen molar-refractivity contribution in [2.24, 2.45) is 11.5 Å². The number of carbonyl (C=O) groups is 2. The van der Waals surface area contributed by atoms with E-state index in [0.29, 0.717) is 22.8 Å². The van der Waals surface area contributed by atoms with Gasteiger partial charge in [0.25, 0.3) is 21.8 Å². The lowest BCUT2D eigenvalue weighted by Gasteiger charge is -2.15. The van der Waals surface area contributed by atoms with Gasteiger partial charge in [-0.3, -0.25) is 18.8 Å². The summed E-state index contributed by atoms with van der Waals surface area (Å²) in [4.78, 5) is 31.1. The van der Waals surface area contributed by atoms with E-state index < -0.39 is 45.9 Å². The van der Waals surface area contributed by atoms with Gasteiger partial charge in [-0.25, -0.2) is 17.4 Å². The van der Waals surface area contributed by atoms with Gasteiger partial charge in [-0.15, -0.1) is 0 Å². The number of primary amides is 2. The Balaban J connectivity index is 1.87. The molecule has 0 aliphatic carbocycles. The van der Waals surface area contributed by atoms with Crippen molar-refractivity contribution in [3.63, 3.8) is 0 Å². The SMILES string of the molecule is COc1ccc2nc(S(=O)Cc3ncc(C)c(OC)c3C)n(S(=O)(=O)c3ccc(OCC(N)=O)c(OCC(N)=O)c3)c2c1. The minimum atomic E-state index is -4.54. The van der Waals surface area contributed by atoms with E-state index in [0.717, 1.165) is 15.6 Å². The van der Waals surface area contributed by atoms with Crippen LogP contribution in [0.2, 0.25) is 0 Å². The second-order valence-corrected chi connectivity index (χ2v) is 12.3. The van der Waals surface area contributed by atoms with Gasteiger partial charge in [-0.05, 0) is 38.1 Å². The topological polar surface area (TPSA) is 205 Å². The molecular weight excluding hydrogens is 602 g/mol. The number of aryl methyl sites for hydroxylation is 1. The maximum absolute atomic E-state index is 14.2. The lowest BCUT2D eigenvalue weighted by Crippen LogP contribution is -2.22. The molecule has 2 heterocycles. The first-order valence-electron chi connectivity index (χ1n) is 12.5. The van der Waals surface area contributed by atoms with Crippen LogP contribution in [0, 0.1) is 13.8 Å². The Hall–Kier alpha value is -4.70.